The SMILES string of the molecule is CCOc1cccc([C@@H]2C(C(=O)O[C@H](C)CC)=C(C)NC3=C2C(=O)[C@@H](C(=O)OC)[C@@H](C)C3)c1. The van der Waals surface area contributed by atoms with Crippen molar-refractivity contribution in [2.75, 3.05) is 13.7 Å². The zero-order valence-corrected chi connectivity index (χ0v) is 20.2. The van der Waals surface area contributed by atoms with Crippen LogP contribution in [-0.2, 0) is 23.9 Å². The predicted molar refractivity (Wildman–Crippen MR) is 123 cm³/mol. The first kappa shape index (κ1) is 24.6. The number of hydrogen-bond donors (Lipinski definition) is 1. The average Bonchev–Trinajstić information content (AvgIpc) is 2.78. The van der Waals surface area contributed by atoms with E-state index in [0.717, 1.165) is 11.3 Å². The summed E-state index contributed by atoms with van der Waals surface area (Å²) in [5.41, 5.74) is 2.90. The molecule has 1 aliphatic heterocycles. The molecule has 0 unspecified atom stereocenters. The molecule has 1 aliphatic carbocycles. The van der Waals surface area contributed by atoms with Crippen LogP contribution in [-0.4, -0.2) is 37.5 Å². The molecule has 3 rings (SSSR count). The van der Waals surface area contributed by atoms with Crippen molar-refractivity contribution < 1.29 is 28.6 Å². The van der Waals surface area contributed by atoms with Crippen molar-refractivity contribution in [1.82, 2.24) is 5.32 Å². The maximum atomic E-state index is 13.7. The molecule has 0 spiro atoms. The second-order valence-electron chi connectivity index (χ2n) is 8.67. The van der Waals surface area contributed by atoms with Crippen LogP contribution in [0.15, 0.2) is 46.8 Å². The van der Waals surface area contributed by atoms with Gasteiger partial charge in [-0.25, -0.2) is 4.79 Å². The first-order valence-corrected chi connectivity index (χ1v) is 11.5. The molecule has 0 amide bonds. The van der Waals surface area contributed by atoms with Crippen molar-refractivity contribution in [3.05, 3.63) is 52.4 Å². The van der Waals surface area contributed by atoms with Gasteiger partial charge in [0.15, 0.2) is 5.78 Å². The lowest BCUT2D eigenvalue weighted by molar-refractivity contribution is -0.151. The second kappa shape index (κ2) is 10.2. The van der Waals surface area contributed by atoms with Gasteiger partial charge in [0.2, 0.25) is 0 Å². The van der Waals surface area contributed by atoms with Crippen LogP contribution in [0.3, 0.4) is 0 Å². The van der Waals surface area contributed by atoms with Gasteiger partial charge in [0.1, 0.15) is 11.7 Å². The summed E-state index contributed by atoms with van der Waals surface area (Å²) >= 11 is 0. The Morgan fingerprint density at radius 3 is 2.61 bits per heavy atom. The van der Waals surface area contributed by atoms with E-state index >= 15 is 0 Å². The monoisotopic (exact) mass is 455 g/mol. The van der Waals surface area contributed by atoms with Crippen molar-refractivity contribution in [2.45, 2.75) is 59.5 Å². The number of dihydropyridines is 1. The molecular formula is C26H33NO6. The van der Waals surface area contributed by atoms with Gasteiger partial charge in [-0.3, -0.25) is 9.59 Å². The summed E-state index contributed by atoms with van der Waals surface area (Å²) in [5.74, 6) is -2.54. The quantitative estimate of drug-likeness (QED) is 0.490. The van der Waals surface area contributed by atoms with E-state index in [-0.39, 0.29) is 17.8 Å². The standard InChI is InChI=1S/C26H33NO6/c1-7-15(4)33-26(30)21-16(5)27-19-12-14(3)20(25(29)31-6)24(28)23(19)22(21)17-10-9-11-18(13-17)32-8-2/h9-11,13-15,20,22,27H,7-8,12H2,1-6H3/t14-,15+,20-,22+/m0/s1. The minimum absolute atomic E-state index is 0.229. The molecule has 0 fully saturated rings. The second-order valence-corrected chi connectivity index (χ2v) is 8.67. The number of allylic oxidation sites excluding steroid dienone is 3. The normalized spacial score (nSPS) is 23.5. The van der Waals surface area contributed by atoms with E-state index in [1.165, 1.54) is 7.11 Å². The van der Waals surface area contributed by atoms with Crippen molar-refractivity contribution in [2.24, 2.45) is 11.8 Å². The number of Topliss-reactive ketones (excluding diaryl/α,β-unsaturated/α-hetero) is 1. The zero-order chi connectivity index (χ0) is 24.3. The summed E-state index contributed by atoms with van der Waals surface area (Å²) in [5, 5.41) is 3.27. The maximum absolute atomic E-state index is 13.7. The first-order valence-electron chi connectivity index (χ1n) is 11.5. The van der Waals surface area contributed by atoms with Gasteiger partial charge >= 0.3 is 11.9 Å². The molecule has 1 aromatic rings. The Hall–Kier alpha value is -3.09. The Bertz CT molecular complexity index is 1010. The van der Waals surface area contributed by atoms with Crippen LogP contribution in [0.2, 0.25) is 0 Å². The number of ketones is 1. The molecule has 0 aromatic heterocycles. The topological polar surface area (TPSA) is 90.9 Å². The van der Waals surface area contributed by atoms with Crippen LogP contribution < -0.4 is 10.1 Å². The number of ether oxygens (including phenoxy) is 3. The fourth-order valence-corrected chi connectivity index (χ4v) is 4.56. The van der Waals surface area contributed by atoms with Crippen LogP contribution in [0.1, 0.15) is 58.9 Å². The molecule has 33 heavy (non-hydrogen) atoms. The van der Waals surface area contributed by atoms with Gasteiger partial charge in [0.25, 0.3) is 0 Å². The van der Waals surface area contributed by atoms with Gasteiger partial charge < -0.3 is 19.5 Å². The molecule has 4 atom stereocenters. The molecule has 0 saturated heterocycles. The van der Waals surface area contributed by atoms with Crippen LogP contribution in [0.4, 0.5) is 0 Å². The third-order valence-electron chi connectivity index (χ3n) is 6.35. The Morgan fingerprint density at radius 1 is 1.24 bits per heavy atom. The molecule has 0 radical (unpaired) electrons. The summed E-state index contributed by atoms with van der Waals surface area (Å²) in [6.07, 6.45) is 0.895. The Labute approximate surface area is 195 Å². The Morgan fingerprint density at radius 2 is 1.97 bits per heavy atom. The number of carbonyl (C=O) groups is 3. The molecule has 1 N–H and O–H groups in total. The minimum atomic E-state index is -0.918. The van der Waals surface area contributed by atoms with Crippen molar-refractivity contribution >= 4 is 17.7 Å². The van der Waals surface area contributed by atoms with Gasteiger partial charge in [-0.05, 0) is 57.2 Å². The van der Waals surface area contributed by atoms with Crippen LogP contribution >= 0.6 is 0 Å². The number of rotatable bonds is 7. The summed E-state index contributed by atoms with van der Waals surface area (Å²) in [6, 6.07) is 7.38. The van der Waals surface area contributed by atoms with Crippen molar-refractivity contribution in [1.29, 1.82) is 0 Å². The Balaban J connectivity index is 2.17. The highest BCUT2D eigenvalue weighted by atomic mass is 16.5. The third kappa shape index (κ3) is 4.82. The molecule has 7 heteroatoms. The van der Waals surface area contributed by atoms with E-state index in [9.17, 15) is 14.4 Å². The molecule has 0 bridgehead atoms. The van der Waals surface area contributed by atoms with Gasteiger partial charge in [0, 0.05) is 22.9 Å². The lowest BCUT2D eigenvalue weighted by atomic mass is 9.69. The van der Waals surface area contributed by atoms with Crippen LogP contribution in [0, 0.1) is 11.8 Å². The number of methoxy groups -OCH3 is 1. The summed E-state index contributed by atoms with van der Waals surface area (Å²) in [6.45, 7) is 9.83. The minimum Gasteiger partial charge on any atom is -0.494 e. The van der Waals surface area contributed by atoms with E-state index in [1.807, 2.05) is 58.9 Å². The molecular weight excluding hydrogens is 422 g/mol. The third-order valence-corrected chi connectivity index (χ3v) is 6.35. The van der Waals surface area contributed by atoms with E-state index in [4.69, 9.17) is 14.2 Å². The summed E-state index contributed by atoms with van der Waals surface area (Å²) in [4.78, 5) is 39.5. The van der Waals surface area contributed by atoms with E-state index in [1.54, 1.807) is 0 Å². The fraction of sp³-hybridized carbons (Fsp3) is 0.500. The molecule has 2 aliphatic rings. The van der Waals surface area contributed by atoms with Gasteiger partial charge in [-0.2, -0.15) is 0 Å². The molecule has 7 nitrogen and oxygen atoms in total. The molecule has 1 aromatic carbocycles. The maximum Gasteiger partial charge on any atom is 0.337 e. The van der Waals surface area contributed by atoms with E-state index < -0.39 is 23.8 Å². The molecule has 1 heterocycles. The number of carbonyl (C=O) groups excluding carboxylic acids is 3. The average molecular weight is 456 g/mol. The number of benzene rings is 1. The van der Waals surface area contributed by atoms with Crippen molar-refractivity contribution in [3.63, 3.8) is 0 Å². The van der Waals surface area contributed by atoms with Crippen LogP contribution in [0.5, 0.6) is 5.75 Å². The summed E-state index contributed by atoms with van der Waals surface area (Å²) in [7, 11) is 1.29. The van der Waals surface area contributed by atoms with E-state index in [2.05, 4.69) is 5.32 Å². The number of esters is 2. The predicted octanol–water partition coefficient (Wildman–Crippen LogP) is 4.04. The van der Waals surface area contributed by atoms with Gasteiger partial charge in [-0.1, -0.05) is 26.0 Å². The number of hydrogen-bond acceptors (Lipinski definition) is 7. The number of nitrogens with one attached hydrogen (secondary N) is 1. The lowest BCUT2D eigenvalue weighted by Gasteiger charge is -2.38. The molecule has 178 valence electrons. The molecule has 0 saturated carbocycles. The zero-order valence-electron chi connectivity index (χ0n) is 20.2. The Kier molecular flexibility index (Phi) is 7.61. The first-order chi connectivity index (χ1) is 15.7. The van der Waals surface area contributed by atoms with Crippen molar-refractivity contribution in [3.8, 4) is 5.75 Å². The fourth-order valence-electron chi connectivity index (χ4n) is 4.56. The highest BCUT2D eigenvalue weighted by molar-refractivity contribution is 6.12. The van der Waals surface area contributed by atoms with Gasteiger partial charge in [-0.15, -0.1) is 0 Å². The van der Waals surface area contributed by atoms with Gasteiger partial charge in [0.05, 0.1) is 25.4 Å². The highest BCUT2D eigenvalue weighted by Gasteiger charge is 2.47. The smallest absolute Gasteiger partial charge is 0.337 e. The van der Waals surface area contributed by atoms with Crippen LogP contribution in [0.25, 0.3) is 0 Å². The largest absolute Gasteiger partial charge is 0.494 e. The lowest BCUT2D eigenvalue weighted by Crippen LogP contribution is -2.43. The van der Waals surface area contributed by atoms with E-state index in [0.29, 0.717) is 42.0 Å². The highest BCUT2D eigenvalue weighted by Crippen LogP contribution is 2.46. The summed E-state index contributed by atoms with van der Waals surface area (Å²) < 4.78 is 16.3.